The van der Waals surface area contributed by atoms with Gasteiger partial charge in [0.05, 0.1) is 23.4 Å². The van der Waals surface area contributed by atoms with Crippen LogP contribution in [0.15, 0.2) is 16.8 Å². The van der Waals surface area contributed by atoms with Crippen LogP contribution in [0.4, 0.5) is 5.88 Å². The van der Waals surface area contributed by atoms with Crippen LogP contribution in [0.2, 0.25) is 5.02 Å². The van der Waals surface area contributed by atoms with Crippen LogP contribution in [0.1, 0.15) is 17.5 Å². The van der Waals surface area contributed by atoms with Crippen LogP contribution in [-0.4, -0.2) is 11.8 Å². The fraction of sp³-hybridized carbons (Fsp3) is 0.308. The molecule has 94 valence electrons. The Kier molecular flexibility index (Phi) is 2.67. The smallest absolute Gasteiger partial charge is 0.229 e. The number of hydrogen-bond acceptors (Lipinski definition) is 4. The van der Waals surface area contributed by atoms with Gasteiger partial charge in [-0.2, -0.15) is 0 Å². The van der Waals surface area contributed by atoms with Crippen LogP contribution < -0.4 is 10.5 Å². The number of nitrogens with zero attached hydrogens (tertiary/aromatic N) is 1. The van der Waals surface area contributed by atoms with Crippen LogP contribution in [-0.2, 0) is 6.42 Å². The second kappa shape index (κ2) is 4.21. The summed E-state index contributed by atoms with van der Waals surface area (Å²) < 4.78 is 10.5. The quantitative estimate of drug-likeness (QED) is 0.859. The first kappa shape index (κ1) is 11.4. The minimum absolute atomic E-state index is 0.311. The van der Waals surface area contributed by atoms with Crippen molar-refractivity contribution in [2.75, 3.05) is 12.3 Å². The Hall–Kier alpha value is -1.68. The van der Waals surface area contributed by atoms with E-state index in [-0.39, 0.29) is 0 Å². The Balaban J connectivity index is 2.23. The zero-order valence-corrected chi connectivity index (χ0v) is 10.8. The third-order valence-electron chi connectivity index (χ3n) is 3.32. The monoisotopic (exact) mass is 264 g/mol. The molecule has 2 N–H and O–H groups in total. The average Bonchev–Trinajstić information content (AvgIpc) is 2.80. The summed E-state index contributed by atoms with van der Waals surface area (Å²) in [6.45, 7) is 2.77. The number of rotatable bonds is 1. The van der Waals surface area contributed by atoms with Gasteiger partial charge in [0.25, 0.3) is 0 Å². The maximum Gasteiger partial charge on any atom is 0.229 e. The molecule has 2 aromatic rings. The fourth-order valence-electron chi connectivity index (χ4n) is 2.39. The summed E-state index contributed by atoms with van der Waals surface area (Å²) in [6.07, 6.45) is 3.59. The first-order chi connectivity index (χ1) is 8.68. The number of aromatic nitrogens is 1. The van der Waals surface area contributed by atoms with E-state index in [9.17, 15) is 0 Å². The lowest BCUT2D eigenvalue weighted by Crippen LogP contribution is -2.11. The second-order valence-corrected chi connectivity index (χ2v) is 4.80. The van der Waals surface area contributed by atoms with Gasteiger partial charge >= 0.3 is 0 Å². The van der Waals surface area contributed by atoms with E-state index in [1.165, 1.54) is 0 Å². The highest BCUT2D eigenvalue weighted by Gasteiger charge is 2.21. The largest absolute Gasteiger partial charge is 0.492 e. The molecule has 0 amide bonds. The summed E-state index contributed by atoms with van der Waals surface area (Å²) in [5, 5.41) is 4.32. The Bertz CT molecular complexity index is 607. The van der Waals surface area contributed by atoms with E-state index in [1.807, 2.05) is 13.0 Å². The first-order valence-electron chi connectivity index (χ1n) is 5.83. The van der Waals surface area contributed by atoms with Gasteiger partial charge in [0.2, 0.25) is 5.88 Å². The minimum Gasteiger partial charge on any atom is -0.492 e. The standard InChI is InChI=1S/C13H13ClN2O2/c1-7-8-3-2-4-17-12(8)11(14)5-9(7)10-6-16-18-13(10)15/h5-6H,2-4,15H2,1H3. The van der Waals surface area contributed by atoms with Crippen molar-refractivity contribution in [3.8, 4) is 16.9 Å². The highest BCUT2D eigenvalue weighted by Crippen LogP contribution is 2.41. The number of fused-ring (bicyclic) bond motifs is 1. The molecule has 0 spiro atoms. The molecule has 5 heteroatoms. The van der Waals surface area contributed by atoms with Gasteiger partial charge < -0.3 is 15.0 Å². The molecule has 0 atom stereocenters. The number of nitrogen functional groups attached to an aromatic ring is 1. The van der Waals surface area contributed by atoms with Crippen molar-refractivity contribution in [2.24, 2.45) is 0 Å². The summed E-state index contributed by atoms with van der Waals surface area (Å²) in [4.78, 5) is 0. The molecular formula is C13H13ClN2O2. The van der Waals surface area contributed by atoms with Crippen molar-refractivity contribution in [3.63, 3.8) is 0 Å². The molecular weight excluding hydrogens is 252 g/mol. The normalized spacial score (nSPS) is 14.1. The highest BCUT2D eigenvalue weighted by atomic mass is 35.5. The van der Waals surface area contributed by atoms with E-state index in [2.05, 4.69) is 5.16 Å². The van der Waals surface area contributed by atoms with Gasteiger partial charge in [0, 0.05) is 0 Å². The Morgan fingerprint density at radius 2 is 2.22 bits per heavy atom. The lowest BCUT2D eigenvalue weighted by Gasteiger charge is -2.22. The van der Waals surface area contributed by atoms with E-state index in [4.69, 9.17) is 26.6 Å². The number of anilines is 1. The summed E-state index contributed by atoms with van der Waals surface area (Å²) in [5.74, 6) is 1.12. The molecule has 1 aromatic carbocycles. The summed E-state index contributed by atoms with van der Waals surface area (Å²) in [7, 11) is 0. The van der Waals surface area contributed by atoms with E-state index in [1.54, 1.807) is 6.20 Å². The number of benzene rings is 1. The van der Waals surface area contributed by atoms with Crippen molar-refractivity contribution in [2.45, 2.75) is 19.8 Å². The van der Waals surface area contributed by atoms with E-state index < -0.39 is 0 Å². The Morgan fingerprint density at radius 1 is 1.39 bits per heavy atom. The molecule has 1 aliphatic rings. The molecule has 0 radical (unpaired) electrons. The summed E-state index contributed by atoms with van der Waals surface area (Å²) in [5.41, 5.74) is 9.79. The number of nitrogens with two attached hydrogens (primary N) is 1. The molecule has 18 heavy (non-hydrogen) atoms. The molecule has 0 saturated carbocycles. The molecule has 0 fully saturated rings. The molecule has 0 bridgehead atoms. The van der Waals surface area contributed by atoms with E-state index >= 15 is 0 Å². The van der Waals surface area contributed by atoms with E-state index in [0.717, 1.165) is 47.5 Å². The van der Waals surface area contributed by atoms with Crippen LogP contribution >= 0.6 is 11.6 Å². The molecule has 0 aliphatic carbocycles. The number of ether oxygens (including phenoxy) is 1. The first-order valence-corrected chi connectivity index (χ1v) is 6.21. The zero-order valence-electron chi connectivity index (χ0n) is 10.00. The van der Waals surface area contributed by atoms with Gasteiger partial charge in [-0.1, -0.05) is 16.8 Å². The van der Waals surface area contributed by atoms with Crippen LogP contribution in [0.5, 0.6) is 5.75 Å². The topological polar surface area (TPSA) is 61.3 Å². The zero-order chi connectivity index (χ0) is 12.7. The lowest BCUT2D eigenvalue weighted by atomic mass is 9.93. The SMILES string of the molecule is Cc1c(-c2cnoc2N)cc(Cl)c2c1CCCO2. The molecule has 3 rings (SSSR count). The van der Waals surface area contributed by atoms with Crippen LogP contribution in [0, 0.1) is 6.92 Å². The van der Waals surface area contributed by atoms with E-state index in [0.29, 0.717) is 10.9 Å². The predicted molar refractivity (Wildman–Crippen MR) is 69.9 cm³/mol. The van der Waals surface area contributed by atoms with Crippen molar-refractivity contribution < 1.29 is 9.26 Å². The van der Waals surface area contributed by atoms with Gasteiger partial charge in [0.1, 0.15) is 5.75 Å². The van der Waals surface area contributed by atoms with Gasteiger partial charge in [-0.3, -0.25) is 0 Å². The molecule has 0 saturated heterocycles. The third kappa shape index (κ3) is 1.64. The number of halogens is 1. The fourth-order valence-corrected chi connectivity index (χ4v) is 2.67. The maximum absolute atomic E-state index is 6.27. The van der Waals surface area contributed by atoms with Crippen LogP contribution in [0.25, 0.3) is 11.1 Å². The van der Waals surface area contributed by atoms with Crippen molar-refractivity contribution in [3.05, 3.63) is 28.4 Å². The lowest BCUT2D eigenvalue weighted by molar-refractivity contribution is 0.288. The molecule has 1 aliphatic heterocycles. The maximum atomic E-state index is 6.27. The van der Waals surface area contributed by atoms with Gasteiger partial charge in [0.15, 0.2) is 0 Å². The molecule has 0 unspecified atom stereocenters. The highest BCUT2D eigenvalue weighted by molar-refractivity contribution is 6.32. The number of hydrogen-bond donors (Lipinski definition) is 1. The summed E-state index contributed by atoms with van der Waals surface area (Å²) in [6, 6.07) is 1.87. The van der Waals surface area contributed by atoms with Gasteiger partial charge in [-0.15, -0.1) is 0 Å². The van der Waals surface area contributed by atoms with Gasteiger partial charge in [-0.05, 0) is 42.5 Å². The molecule has 4 nitrogen and oxygen atoms in total. The Morgan fingerprint density at radius 3 is 2.94 bits per heavy atom. The third-order valence-corrected chi connectivity index (χ3v) is 3.61. The second-order valence-electron chi connectivity index (χ2n) is 4.39. The average molecular weight is 265 g/mol. The summed E-state index contributed by atoms with van der Waals surface area (Å²) >= 11 is 6.27. The molecule has 1 aromatic heterocycles. The van der Waals surface area contributed by atoms with Crippen molar-refractivity contribution >= 4 is 17.5 Å². The van der Waals surface area contributed by atoms with Gasteiger partial charge in [-0.25, -0.2) is 0 Å². The van der Waals surface area contributed by atoms with Crippen molar-refractivity contribution in [1.82, 2.24) is 5.16 Å². The Labute approximate surface area is 110 Å². The minimum atomic E-state index is 0.311. The van der Waals surface area contributed by atoms with Crippen LogP contribution in [0.3, 0.4) is 0 Å². The van der Waals surface area contributed by atoms with Crippen molar-refractivity contribution in [1.29, 1.82) is 0 Å². The molecule has 2 heterocycles. The predicted octanol–water partition coefficient (Wildman–Crippen LogP) is 3.21.